The van der Waals surface area contributed by atoms with E-state index in [1.54, 1.807) is 68.4 Å². The zero-order valence-electron chi connectivity index (χ0n) is 19.7. The number of nitrogens with zero attached hydrogens (tertiary/aromatic N) is 1. The molecule has 184 valence electrons. The van der Waals surface area contributed by atoms with Gasteiger partial charge in [0.2, 0.25) is 0 Å². The smallest absolute Gasteiger partial charge is 0.328 e. The van der Waals surface area contributed by atoms with Gasteiger partial charge in [0, 0.05) is 34.6 Å². The second kappa shape index (κ2) is 11.7. The summed E-state index contributed by atoms with van der Waals surface area (Å²) in [5, 5.41) is 2.67. The largest absolute Gasteiger partial charge is 0.467 e. The van der Waals surface area contributed by atoms with Crippen molar-refractivity contribution in [3.63, 3.8) is 0 Å². The molecule has 0 fully saturated rings. The van der Waals surface area contributed by atoms with Gasteiger partial charge in [0.1, 0.15) is 6.04 Å². The van der Waals surface area contributed by atoms with Crippen molar-refractivity contribution in [3.05, 3.63) is 70.2 Å². The maximum absolute atomic E-state index is 13.4. The van der Waals surface area contributed by atoms with Crippen LogP contribution in [0.5, 0.6) is 0 Å². The van der Waals surface area contributed by atoms with E-state index in [4.69, 9.17) is 9.47 Å². The van der Waals surface area contributed by atoms with Crippen molar-refractivity contribution in [2.75, 3.05) is 26.2 Å². The number of halogens is 1. The van der Waals surface area contributed by atoms with Crippen LogP contribution in [-0.4, -0.2) is 54.3 Å². The Bertz CT molecular complexity index is 1140. The molecule has 0 aliphatic heterocycles. The predicted molar refractivity (Wildman–Crippen MR) is 134 cm³/mol. The lowest BCUT2D eigenvalue weighted by Gasteiger charge is -2.33. The molecule has 0 unspecified atom stereocenters. The topological polar surface area (TPSA) is 111 Å². The minimum absolute atomic E-state index is 0.155. The average Bonchev–Trinajstić information content (AvgIpc) is 2.77. The third kappa shape index (κ3) is 7.48. The van der Waals surface area contributed by atoms with Gasteiger partial charge in [-0.2, -0.15) is 4.36 Å². The molecule has 0 saturated carbocycles. The molecular weight excluding hydrogens is 524 g/mol. The van der Waals surface area contributed by atoms with E-state index in [-0.39, 0.29) is 5.75 Å². The van der Waals surface area contributed by atoms with Crippen LogP contribution in [0.3, 0.4) is 0 Å². The van der Waals surface area contributed by atoms with E-state index in [0.29, 0.717) is 11.1 Å². The molecule has 0 aliphatic carbocycles. The van der Waals surface area contributed by atoms with Crippen LogP contribution in [0, 0.1) is 5.41 Å². The molecule has 34 heavy (non-hydrogen) atoms. The van der Waals surface area contributed by atoms with Crippen molar-refractivity contribution in [1.82, 2.24) is 5.32 Å². The Kier molecular flexibility index (Phi) is 9.54. The van der Waals surface area contributed by atoms with Gasteiger partial charge in [0.05, 0.1) is 16.8 Å². The van der Waals surface area contributed by atoms with E-state index >= 15 is 0 Å². The number of benzene rings is 2. The van der Waals surface area contributed by atoms with Crippen molar-refractivity contribution >= 4 is 43.4 Å². The second-order valence-corrected chi connectivity index (χ2v) is 11.8. The summed E-state index contributed by atoms with van der Waals surface area (Å²) in [6.45, 7) is 3.31. The normalized spacial score (nSPS) is 14.9. The zero-order valence-corrected chi connectivity index (χ0v) is 22.1. The van der Waals surface area contributed by atoms with Gasteiger partial charge < -0.3 is 14.8 Å². The minimum Gasteiger partial charge on any atom is -0.467 e. The number of amides is 2. The van der Waals surface area contributed by atoms with Crippen LogP contribution in [0.2, 0.25) is 0 Å². The second-order valence-electron chi connectivity index (χ2n) is 8.48. The fraction of sp³-hybridized carbons (Fsp3) is 0.375. The molecule has 2 aromatic carbocycles. The van der Waals surface area contributed by atoms with E-state index in [1.165, 1.54) is 20.5 Å². The van der Waals surface area contributed by atoms with E-state index < -0.39 is 45.1 Å². The molecular formula is C24H29BrN2O6S. The van der Waals surface area contributed by atoms with Gasteiger partial charge in [-0.1, -0.05) is 60.1 Å². The van der Waals surface area contributed by atoms with Crippen LogP contribution >= 0.6 is 15.9 Å². The molecule has 0 spiro atoms. The van der Waals surface area contributed by atoms with Gasteiger partial charge in [-0.3, -0.25) is 9.59 Å². The van der Waals surface area contributed by atoms with Crippen molar-refractivity contribution in [3.8, 4) is 0 Å². The van der Waals surface area contributed by atoms with Crippen LogP contribution in [0.25, 0.3) is 0 Å². The summed E-state index contributed by atoms with van der Waals surface area (Å²) in [5.74, 6) is -2.03. The Balaban J connectivity index is 2.29. The summed E-state index contributed by atoms with van der Waals surface area (Å²) in [6.07, 6.45) is 0.341. The summed E-state index contributed by atoms with van der Waals surface area (Å²) >= 11 is 3.31. The summed E-state index contributed by atoms with van der Waals surface area (Å²) in [5.41, 5.74) is -0.138. The predicted octanol–water partition coefficient (Wildman–Crippen LogP) is 3.76. The first-order valence-corrected chi connectivity index (χ1v) is 13.2. The number of rotatable bonds is 9. The fourth-order valence-electron chi connectivity index (χ4n) is 3.56. The lowest BCUT2D eigenvalue weighted by atomic mass is 9.86. The maximum atomic E-state index is 13.4. The van der Waals surface area contributed by atoms with Gasteiger partial charge in [-0.25, -0.2) is 9.00 Å². The Morgan fingerprint density at radius 1 is 1.06 bits per heavy atom. The number of methoxy groups -OCH3 is 2. The quantitative estimate of drug-likeness (QED) is 0.474. The van der Waals surface area contributed by atoms with Crippen molar-refractivity contribution in [1.29, 1.82) is 0 Å². The highest BCUT2D eigenvalue weighted by atomic mass is 79.9. The molecule has 0 aromatic heterocycles. The van der Waals surface area contributed by atoms with Gasteiger partial charge in [0.25, 0.3) is 11.8 Å². The molecule has 0 saturated heterocycles. The highest BCUT2D eigenvalue weighted by molar-refractivity contribution is 9.10. The Morgan fingerprint density at radius 2 is 1.65 bits per heavy atom. The number of ether oxygens (including phenoxy) is 2. The molecule has 0 heterocycles. The van der Waals surface area contributed by atoms with Gasteiger partial charge in [-0.05, 0) is 29.8 Å². The Labute approximate surface area is 208 Å². The van der Waals surface area contributed by atoms with Gasteiger partial charge >= 0.3 is 5.97 Å². The molecule has 1 N–H and O–H groups in total. The number of carbonyl (C=O) groups is 3. The average molecular weight is 553 g/mol. The molecule has 3 atom stereocenters. The molecule has 10 heteroatoms. The SMILES string of the molecule is COC(=O)[C@@H](NC(=O)c1ccc(Br)cc1)C(C)(C)C[S@@](C)(=O)=NC(=O)[C@@H](OC)c1ccccc1. The number of esters is 1. The Morgan fingerprint density at radius 3 is 2.18 bits per heavy atom. The van der Waals surface area contributed by atoms with E-state index in [0.717, 1.165) is 4.47 Å². The van der Waals surface area contributed by atoms with Crippen LogP contribution in [0.15, 0.2) is 63.4 Å². The van der Waals surface area contributed by atoms with Gasteiger partial charge in [-0.15, -0.1) is 0 Å². The Hall–Kier alpha value is -2.56. The van der Waals surface area contributed by atoms with Crippen molar-refractivity contribution in [2.45, 2.75) is 26.0 Å². The maximum Gasteiger partial charge on any atom is 0.328 e. The zero-order chi connectivity index (χ0) is 25.5. The van der Waals surface area contributed by atoms with Crippen LogP contribution in [0.4, 0.5) is 0 Å². The standard InChI is InChI=1S/C24H29BrN2O6S/c1-24(2,20(23(30)33-4)26-21(28)17-11-13-18(25)14-12-17)15-34(5,31)27-22(29)19(32-3)16-9-7-6-8-10-16/h6-14,19-20H,15H2,1-5H3,(H,26,28)/t19-,20+,34+/m0/s1. The monoisotopic (exact) mass is 552 g/mol. The summed E-state index contributed by atoms with van der Waals surface area (Å²) < 4.78 is 28.3. The lowest BCUT2D eigenvalue weighted by Crippen LogP contribution is -2.53. The van der Waals surface area contributed by atoms with E-state index in [9.17, 15) is 18.6 Å². The number of hydrogen-bond acceptors (Lipinski definition) is 6. The first-order valence-electron chi connectivity index (χ1n) is 10.4. The van der Waals surface area contributed by atoms with E-state index in [1.807, 2.05) is 0 Å². The highest BCUT2D eigenvalue weighted by Gasteiger charge is 2.40. The molecule has 2 amide bonds. The number of carbonyl (C=O) groups excluding carboxylic acids is 3. The van der Waals surface area contributed by atoms with Crippen molar-refractivity contribution in [2.24, 2.45) is 9.78 Å². The first kappa shape index (κ1) is 27.7. The summed E-state index contributed by atoms with van der Waals surface area (Å²) in [7, 11) is -0.536. The molecule has 0 aliphatic rings. The van der Waals surface area contributed by atoms with Gasteiger partial charge in [0.15, 0.2) is 6.10 Å². The van der Waals surface area contributed by atoms with Crippen LogP contribution in [0.1, 0.15) is 35.9 Å². The molecule has 0 bridgehead atoms. The summed E-state index contributed by atoms with van der Waals surface area (Å²) in [4.78, 5) is 38.1. The number of nitrogens with one attached hydrogen (secondary N) is 1. The first-order chi connectivity index (χ1) is 15.9. The van der Waals surface area contributed by atoms with E-state index in [2.05, 4.69) is 25.6 Å². The molecule has 8 nitrogen and oxygen atoms in total. The van der Waals surface area contributed by atoms with Crippen molar-refractivity contribution < 1.29 is 28.1 Å². The molecule has 0 radical (unpaired) electrons. The third-order valence-electron chi connectivity index (χ3n) is 5.09. The number of hydrogen-bond donors (Lipinski definition) is 1. The lowest BCUT2D eigenvalue weighted by molar-refractivity contribution is -0.145. The third-order valence-corrected chi connectivity index (χ3v) is 7.46. The minimum atomic E-state index is -3.11. The highest BCUT2D eigenvalue weighted by Crippen LogP contribution is 2.26. The molecule has 2 rings (SSSR count). The summed E-state index contributed by atoms with van der Waals surface area (Å²) in [6, 6.07) is 14.2. The van der Waals surface area contributed by atoms with Crippen LogP contribution in [-0.2, 0) is 28.8 Å². The van der Waals surface area contributed by atoms with Crippen LogP contribution < -0.4 is 5.32 Å². The fourth-order valence-corrected chi connectivity index (χ4v) is 5.91. The molecule has 2 aromatic rings.